The first-order chi connectivity index (χ1) is 12.9. The van der Waals surface area contributed by atoms with Crippen LogP contribution in [0.5, 0.6) is 0 Å². The molecule has 2 heteroatoms. The van der Waals surface area contributed by atoms with Gasteiger partial charge in [-0.1, -0.05) is 39.5 Å². The zero-order valence-corrected chi connectivity index (χ0v) is 17.9. The van der Waals surface area contributed by atoms with Crippen molar-refractivity contribution in [1.82, 2.24) is 0 Å². The Kier molecular flexibility index (Phi) is 5.11. The topological polar surface area (TPSA) is 33.1 Å². The smallest absolute Gasteiger partial charge is 0.260 e. The lowest BCUT2D eigenvalue weighted by Gasteiger charge is -2.60. The highest BCUT2D eigenvalue weighted by Gasteiger charge is 2.60. The summed E-state index contributed by atoms with van der Waals surface area (Å²) in [6.45, 7) is 7.56. The van der Waals surface area contributed by atoms with E-state index in [4.69, 9.17) is 10.1 Å². The molecular formula is C25H39NO. The molecule has 27 heavy (non-hydrogen) atoms. The summed E-state index contributed by atoms with van der Waals surface area (Å²) in [7, 11) is 1.54. The van der Waals surface area contributed by atoms with E-state index in [1.165, 1.54) is 71.3 Å². The first-order valence-corrected chi connectivity index (χ1v) is 11.5. The second kappa shape index (κ2) is 7.13. The summed E-state index contributed by atoms with van der Waals surface area (Å²) in [5.41, 5.74) is 1.10. The van der Waals surface area contributed by atoms with Crippen LogP contribution in [0.2, 0.25) is 0 Å². The van der Waals surface area contributed by atoms with E-state index in [9.17, 15) is 0 Å². The minimum atomic E-state index is 0.105. The molecule has 1 unspecified atom stereocenters. The molecule has 150 valence electrons. The summed E-state index contributed by atoms with van der Waals surface area (Å²) in [4.78, 5) is 0. The SMILES string of the molecule is COC(=N)C#C[C@@H](C)[C@H]1CC[C@H]2[C@@H]3CCC4CCCC[C@]4(C)[C@H]3CC[C@]12C. The van der Waals surface area contributed by atoms with Gasteiger partial charge in [-0.15, -0.1) is 0 Å². The molecular weight excluding hydrogens is 330 g/mol. The molecule has 2 nitrogen and oxygen atoms in total. The summed E-state index contributed by atoms with van der Waals surface area (Å²) in [5.74, 6) is 11.3. The number of ether oxygens (including phenoxy) is 1. The summed E-state index contributed by atoms with van der Waals surface area (Å²) >= 11 is 0. The Morgan fingerprint density at radius 2 is 1.74 bits per heavy atom. The van der Waals surface area contributed by atoms with Gasteiger partial charge in [0.05, 0.1) is 7.11 Å². The third-order valence-electron chi connectivity index (χ3n) is 9.88. The zero-order chi connectivity index (χ0) is 19.2. The Morgan fingerprint density at radius 1 is 0.963 bits per heavy atom. The minimum Gasteiger partial charge on any atom is -0.475 e. The highest BCUT2D eigenvalue weighted by molar-refractivity contribution is 5.90. The number of fused-ring (bicyclic) bond motifs is 5. The average molecular weight is 370 g/mol. The summed E-state index contributed by atoms with van der Waals surface area (Å²) < 4.78 is 4.94. The second-order valence-electron chi connectivity index (χ2n) is 10.7. The van der Waals surface area contributed by atoms with Gasteiger partial charge in [-0.05, 0) is 97.7 Å². The molecule has 0 bridgehead atoms. The third kappa shape index (κ3) is 3.04. The maximum atomic E-state index is 7.66. The Morgan fingerprint density at radius 3 is 2.52 bits per heavy atom. The summed E-state index contributed by atoms with van der Waals surface area (Å²) in [6.07, 6.45) is 14.5. The predicted octanol–water partition coefficient (Wildman–Crippen LogP) is 6.30. The number of hydrogen-bond acceptors (Lipinski definition) is 2. The van der Waals surface area contributed by atoms with Gasteiger partial charge in [-0.25, -0.2) is 0 Å². The minimum absolute atomic E-state index is 0.105. The Labute approximate surface area is 166 Å². The molecule has 4 saturated carbocycles. The van der Waals surface area contributed by atoms with Crippen molar-refractivity contribution in [3.8, 4) is 11.8 Å². The standard InChI is InChI=1S/C25H39NO/c1-17(8-13-23(26)27-4)20-11-12-21-19-10-9-18-7-5-6-15-24(18,2)22(19)14-16-25(20,21)3/h17-22,26H,5-7,9-12,14-16H2,1-4H3/t17-,18?,19+,20-,21+,22+,24+,25-/m1/s1. The van der Waals surface area contributed by atoms with Crippen LogP contribution in [0.15, 0.2) is 0 Å². The van der Waals surface area contributed by atoms with Crippen LogP contribution >= 0.6 is 0 Å². The van der Waals surface area contributed by atoms with Crippen molar-refractivity contribution in [2.24, 2.45) is 46.3 Å². The van der Waals surface area contributed by atoms with E-state index in [1.807, 2.05) is 0 Å². The molecule has 0 radical (unpaired) electrons. The fourth-order valence-electron chi connectivity index (χ4n) is 8.49. The molecule has 0 aromatic rings. The van der Waals surface area contributed by atoms with Gasteiger partial charge in [-0.2, -0.15) is 0 Å². The molecule has 1 N–H and O–H groups in total. The van der Waals surface area contributed by atoms with Gasteiger partial charge in [0, 0.05) is 5.92 Å². The molecule has 8 atom stereocenters. The summed E-state index contributed by atoms with van der Waals surface area (Å²) in [5, 5.41) is 7.66. The largest absolute Gasteiger partial charge is 0.475 e. The monoisotopic (exact) mass is 369 g/mol. The maximum Gasteiger partial charge on any atom is 0.260 e. The van der Waals surface area contributed by atoms with Crippen molar-refractivity contribution >= 4 is 5.90 Å². The van der Waals surface area contributed by atoms with E-state index in [0.29, 0.717) is 22.7 Å². The average Bonchev–Trinajstić information content (AvgIpc) is 3.02. The van der Waals surface area contributed by atoms with Crippen LogP contribution < -0.4 is 0 Å². The van der Waals surface area contributed by atoms with Crippen molar-refractivity contribution in [2.45, 2.75) is 85.0 Å². The highest BCUT2D eigenvalue weighted by atomic mass is 16.5. The number of methoxy groups -OCH3 is 1. The van der Waals surface area contributed by atoms with Crippen LogP contribution in [-0.2, 0) is 4.74 Å². The molecule has 4 fully saturated rings. The van der Waals surface area contributed by atoms with Crippen molar-refractivity contribution in [3.63, 3.8) is 0 Å². The Balaban J connectivity index is 1.54. The van der Waals surface area contributed by atoms with Crippen LogP contribution in [0.1, 0.15) is 85.0 Å². The van der Waals surface area contributed by atoms with Crippen molar-refractivity contribution in [3.05, 3.63) is 0 Å². The van der Waals surface area contributed by atoms with Crippen LogP contribution in [0.25, 0.3) is 0 Å². The predicted molar refractivity (Wildman–Crippen MR) is 112 cm³/mol. The van der Waals surface area contributed by atoms with Crippen molar-refractivity contribution in [1.29, 1.82) is 5.41 Å². The fraction of sp³-hybridized carbons (Fsp3) is 0.880. The van der Waals surface area contributed by atoms with Crippen LogP contribution in [0.3, 0.4) is 0 Å². The van der Waals surface area contributed by atoms with E-state index in [2.05, 4.69) is 32.6 Å². The van der Waals surface area contributed by atoms with Gasteiger partial charge < -0.3 is 4.74 Å². The quantitative estimate of drug-likeness (QED) is 0.328. The highest BCUT2D eigenvalue weighted by Crippen LogP contribution is 2.68. The first-order valence-electron chi connectivity index (χ1n) is 11.5. The van der Waals surface area contributed by atoms with Gasteiger partial charge in [0.1, 0.15) is 0 Å². The lowest BCUT2D eigenvalue weighted by atomic mass is 9.44. The first kappa shape index (κ1) is 19.4. The second-order valence-corrected chi connectivity index (χ2v) is 10.7. The van der Waals surface area contributed by atoms with Crippen LogP contribution in [0.4, 0.5) is 0 Å². The molecule has 0 saturated heterocycles. The van der Waals surface area contributed by atoms with E-state index in [-0.39, 0.29) is 5.90 Å². The Bertz CT molecular complexity index is 644. The molecule has 4 rings (SSSR count). The van der Waals surface area contributed by atoms with Gasteiger partial charge in [0.15, 0.2) is 0 Å². The number of rotatable bonds is 1. The zero-order valence-electron chi connectivity index (χ0n) is 17.9. The lowest BCUT2D eigenvalue weighted by Crippen LogP contribution is -2.53. The van der Waals surface area contributed by atoms with Crippen LogP contribution in [-0.4, -0.2) is 13.0 Å². The maximum absolute atomic E-state index is 7.66. The van der Waals surface area contributed by atoms with Gasteiger partial charge in [0.25, 0.3) is 5.90 Å². The van der Waals surface area contributed by atoms with Gasteiger partial charge >= 0.3 is 0 Å². The van der Waals surface area contributed by atoms with E-state index < -0.39 is 0 Å². The molecule has 0 aliphatic heterocycles. The van der Waals surface area contributed by atoms with Crippen molar-refractivity contribution < 1.29 is 4.74 Å². The molecule has 4 aliphatic rings. The molecule has 0 amide bonds. The van der Waals surface area contributed by atoms with E-state index >= 15 is 0 Å². The Hall–Kier alpha value is -0.970. The number of hydrogen-bond donors (Lipinski definition) is 1. The lowest BCUT2D eigenvalue weighted by molar-refractivity contribution is -0.112. The normalized spacial score (nSPS) is 46.9. The summed E-state index contributed by atoms with van der Waals surface area (Å²) in [6, 6.07) is 0. The molecule has 4 aliphatic carbocycles. The molecule has 0 heterocycles. The van der Waals surface area contributed by atoms with E-state index in [0.717, 1.165) is 23.7 Å². The van der Waals surface area contributed by atoms with Gasteiger partial charge in [0.2, 0.25) is 0 Å². The third-order valence-corrected chi connectivity index (χ3v) is 9.88. The molecule has 0 aromatic heterocycles. The van der Waals surface area contributed by atoms with E-state index in [1.54, 1.807) is 0 Å². The van der Waals surface area contributed by atoms with Crippen molar-refractivity contribution in [2.75, 3.05) is 7.11 Å². The number of nitrogens with one attached hydrogen (secondary N) is 1. The van der Waals surface area contributed by atoms with Crippen LogP contribution in [0, 0.1) is 63.6 Å². The molecule has 0 aromatic carbocycles. The van der Waals surface area contributed by atoms with Gasteiger partial charge in [-0.3, -0.25) is 5.41 Å². The fourth-order valence-corrected chi connectivity index (χ4v) is 8.49. The molecule has 0 spiro atoms.